The van der Waals surface area contributed by atoms with E-state index in [1.807, 2.05) is 0 Å². The molecular weight excluding hydrogens is 827 g/mol. The maximum atomic E-state index is 15.2. The number of piperazine rings is 1. The molecule has 3 aromatic carbocycles. The summed E-state index contributed by atoms with van der Waals surface area (Å²) in [7, 11) is -7.71. The summed E-state index contributed by atoms with van der Waals surface area (Å²) in [6.07, 6.45) is -3.41. The molecule has 4 aromatic rings. The molecule has 0 bridgehead atoms. The second kappa shape index (κ2) is 16.9. The van der Waals surface area contributed by atoms with Crippen molar-refractivity contribution in [3.8, 4) is 0 Å². The van der Waals surface area contributed by atoms with E-state index in [4.69, 9.17) is 33.1 Å². The van der Waals surface area contributed by atoms with Crippen molar-refractivity contribution in [2.24, 2.45) is 0 Å². The second-order valence-electron chi connectivity index (χ2n) is 12.9. The maximum Gasteiger partial charge on any atom is 0.490 e. The van der Waals surface area contributed by atoms with Gasteiger partial charge in [-0.1, -0.05) is 59.6 Å². The molecule has 2 aliphatic rings. The first-order valence-corrected chi connectivity index (χ1v) is 21.0. The van der Waals surface area contributed by atoms with Crippen molar-refractivity contribution < 1.29 is 49.1 Å². The van der Waals surface area contributed by atoms with Crippen LogP contribution in [0.25, 0.3) is 0 Å². The quantitative estimate of drug-likeness (QED) is 0.210. The van der Waals surface area contributed by atoms with E-state index in [0.29, 0.717) is 60.3 Å². The lowest BCUT2D eigenvalue weighted by Gasteiger charge is -2.34. The SMILES string of the molecule is CS(=O)(=O)CCCN1CCN(C(=O)c2ccc3n(c2=O)[C@@H](c2ccc(Cl)cc2)[C@@H](c2ccc(Cl)cc2)N3S(=O)(=O)c2ccccc2F)CC1.O=C(O)C(F)(F)F. The van der Waals surface area contributed by atoms with E-state index in [-0.39, 0.29) is 17.1 Å². The van der Waals surface area contributed by atoms with Crippen LogP contribution in [0.1, 0.15) is 40.0 Å². The van der Waals surface area contributed by atoms with Gasteiger partial charge in [0, 0.05) is 42.5 Å². The first-order chi connectivity index (χ1) is 26.2. The highest BCUT2D eigenvalue weighted by atomic mass is 35.5. The number of carboxylic acid groups (broad SMARTS) is 1. The van der Waals surface area contributed by atoms with Gasteiger partial charge in [0.1, 0.15) is 31.9 Å². The number of hydrogen-bond donors (Lipinski definition) is 1. The molecule has 0 unspecified atom stereocenters. The van der Waals surface area contributed by atoms with Gasteiger partial charge < -0.3 is 10.0 Å². The van der Waals surface area contributed by atoms with Crippen LogP contribution in [-0.2, 0) is 24.7 Å². The minimum absolute atomic E-state index is 0.0413. The highest BCUT2D eigenvalue weighted by Gasteiger charge is 2.48. The molecule has 0 spiro atoms. The molecular formula is C36H34Cl2F4N4O8S2. The fourth-order valence-electron chi connectivity index (χ4n) is 6.46. The predicted octanol–water partition coefficient (Wildman–Crippen LogP) is 5.66. The first-order valence-electron chi connectivity index (χ1n) is 16.8. The number of carbonyl (C=O) groups excluding carboxylic acids is 1. The molecule has 6 rings (SSSR count). The number of halogens is 6. The molecule has 1 amide bonds. The number of hydrogen-bond acceptors (Lipinski definition) is 8. The van der Waals surface area contributed by atoms with Crippen LogP contribution in [-0.4, -0.2) is 99.1 Å². The third kappa shape index (κ3) is 9.54. The van der Waals surface area contributed by atoms with Crippen molar-refractivity contribution in [2.45, 2.75) is 29.6 Å². The summed E-state index contributed by atoms with van der Waals surface area (Å²) in [6.45, 7) is 2.21. The molecule has 0 aliphatic carbocycles. The minimum atomic E-state index is -5.08. The van der Waals surface area contributed by atoms with Gasteiger partial charge in [-0.3, -0.25) is 19.1 Å². The van der Waals surface area contributed by atoms with Crippen LogP contribution in [0.15, 0.2) is 94.6 Å². The molecule has 56 heavy (non-hydrogen) atoms. The first kappa shape index (κ1) is 42.6. The number of pyridine rings is 1. The summed E-state index contributed by atoms with van der Waals surface area (Å²) in [4.78, 5) is 40.4. The van der Waals surface area contributed by atoms with Crippen LogP contribution in [0.5, 0.6) is 0 Å². The fraction of sp³-hybridized carbons (Fsp3) is 0.306. The minimum Gasteiger partial charge on any atom is -0.475 e. The largest absolute Gasteiger partial charge is 0.490 e. The summed E-state index contributed by atoms with van der Waals surface area (Å²) in [5.41, 5.74) is 0.162. The summed E-state index contributed by atoms with van der Waals surface area (Å²) in [5.74, 6) is -4.19. The van der Waals surface area contributed by atoms with E-state index in [1.165, 1.54) is 41.2 Å². The van der Waals surface area contributed by atoms with Crippen LogP contribution < -0.4 is 9.86 Å². The van der Waals surface area contributed by atoms with E-state index in [2.05, 4.69) is 4.90 Å². The molecule has 3 heterocycles. The number of fused-ring (bicyclic) bond motifs is 1. The van der Waals surface area contributed by atoms with Gasteiger partial charge >= 0.3 is 12.1 Å². The normalized spacial score (nSPS) is 17.6. The van der Waals surface area contributed by atoms with Crippen LogP contribution in [0, 0.1) is 5.82 Å². The molecule has 0 saturated carbocycles. The zero-order chi connectivity index (χ0) is 41.2. The summed E-state index contributed by atoms with van der Waals surface area (Å²) in [6, 6.07) is 18.8. The number of sulfonamides is 1. The standard InChI is InChI=1S/C34H33Cl2FN4O6S2.C2HF3O2/c1-48(44,45)22-4-17-38-18-20-39(21-19-38)33(42)27-15-16-30-40(34(27)43)31(23-7-11-25(35)12-8-23)32(24-9-13-26(36)14-10-24)41(30)49(46,47)29-6-3-2-5-28(29)37;3-2(4,5)1(6)7/h2-3,5-16,31-32H,4,17-22H2,1H3;(H,6,7)/t31-,32+;/m0./s1. The summed E-state index contributed by atoms with van der Waals surface area (Å²) < 4.78 is 101. The Bertz CT molecular complexity index is 2370. The third-order valence-electron chi connectivity index (χ3n) is 9.07. The van der Waals surface area contributed by atoms with Gasteiger partial charge in [-0.05, 0) is 72.6 Å². The number of aromatic nitrogens is 1. The number of sulfone groups is 1. The van der Waals surface area contributed by atoms with Crippen LogP contribution >= 0.6 is 23.2 Å². The number of carbonyl (C=O) groups is 2. The van der Waals surface area contributed by atoms with Crippen LogP contribution in [0.3, 0.4) is 0 Å². The Hall–Kier alpha value is -4.49. The van der Waals surface area contributed by atoms with Gasteiger partial charge in [0.2, 0.25) is 0 Å². The molecule has 1 saturated heterocycles. The fourth-order valence-corrected chi connectivity index (χ4v) is 9.08. The topological polar surface area (TPSA) is 154 Å². The van der Waals surface area contributed by atoms with Gasteiger partial charge in [-0.15, -0.1) is 0 Å². The molecule has 0 radical (unpaired) electrons. The lowest BCUT2D eigenvalue weighted by atomic mass is 9.94. The molecule has 2 aliphatic heterocycles. The number of alkyl halides is 3. The zero-order valence-electron chi connectivity index (χ0n) is 29.4. The number of nitrogens with zero attached hydrogens (tertiary/aromatic N) is 4. The van der Waals surface area contributed by atoms with Crippen molar-refractivity contribution in [2.75, 3.05) is 49.0 Å². The second-order valence-corrected chi connectivity index (χ2v) is 17.8. The smallest absolute Gasteiger partial charge is 0.475 e. The monoisotopic (exact) mass is 860 g/mol. The summed E-state index contributed by atoms with van der Waals surface area (Å²) >= 11 is 12.4. The summed E-state index contributed by atoms with van der Waals surface area (Å²) in [5, 5.41) is 7.96. The van der Waals surface area contributed by atoms with E-state index >= 15 is 4.39 Å². The van der Waals surface area contributed by atoms with Gasteiger partial charge in [-0.25, -0.2) is 30.3 Å². The highest BCUT2D eigenvalue weighted by Crippen LogP contribution is 2.49. The van der Waals surface area contributed by atoms with Crippen LogP contribution in [0.2, 0.25) is 10.0 Å². The van der Waals surface area contributed by atoms with Crippen molar-refractivity contribution in [3.63, 3.8) is 0 Å². The molecule has 1 N–H and O–H groups in total. The average Bonchev–Trinajstić information content (AvgIpc) is 3.49. The van der Waals surface area contributed by atoms with Crippen molar-refractivity contribution in [3.05, 3.63) is 128 Å². The predicted molar refractivity (Wildman–Crippen MR) is 201 cm³/mol. The van der Waals surface area contributed by atoms with E-state index in [1.54, 1.807) is 53.4 Å². The lowest BCUT2D eigenvalue weighted by Crippen LogP contribution is -2.50. The van der Waals surface area contributed by atoms with E-state index < -0.39 is 66.3 Å². The molecule has 1 fully saturated rings. The molecule has 1 aromatic heterocycles. The Morgan fingerprint density at radius 3 is 1.82 bits per heavy atom. The maximum absolute atomic E-state index is 15.2. The van der Waals surface area contributed by atoms with Gasteiger partial charge in [0.15, 0.2) is 0 Å². The number of amides is 1. The van der Waals surface area contributed by atoms with Gasteiger partial charge in [0.25, 0.3) is 21.5 Å². The zero-order valence-corrected chi connectivity index (χ0v) is 32.5. The Morgan fingerprint density at radius 2 is 1.32 bits per heavy atom. The average molecular weight is 862 g/mol. The molecule has 12 nitrogen and oxygen atoms in total. The van der Waals surface area contributed by atoms with Gasteiger partial charge in [0.05, 0.1) is 17.8 Å². The lowest BCUT2D eigenvalue weighted by molar-refractivity contribution is -0.192. The molecule has 2 atom stereocenters. The Balaban J connectivity index is 0.000000784. The molecule has 300 valence electrons. The third-order valence-corrected chi connectivity index (χ3v) is 12.4. The van der Waals surface area contributed by atoms with Crippen LogP contribution in [0.4, 0.5) is 23.4 Å². The number of anilines is 1. The number of rotatable bonds is 9. The van der Waals surface area contributed by atoms with Crippen molar-refractivity contribution in [1.82, 2.24) is 14.4 Å². The Labute approximate surface area is 329 Å². The number of carboxylic acids is 1. The van der Waals surface area contributed by atoms with Crippen molar-refractivity contribution >= 4 is 60.8 Å². The Kier molecular flexibility index (Phi) is 12.9. The van der Waals surface area contributed by atoms with Gasteiger partial charge in [-0.2, -0.15) is 13.2 Å². The van der Waals surface area contributed by atoms with E-state index in [0.717, 1.165) is 10.4 Å². The number of benzene rings is 3. The Morgan fingerprint density at radius 1 is 0.804 bits per heavy atom. The number of aliphatic carboxylic acids is 1. The molecule has 20 heteroatoms. The van der Waals surface area contributed by atoms with Crippen molar-refractivity contribution in [1.29, 1.82) is 0 Å². The highest BCUT2D eigenvalue weighted by molar-refractivity contribution is 7.93. The van der Waals surface area contributed by atoms with E-state index in [9.17, 15) is 39.6 Å².